The maximum absolute atomic E-state index is 11.8. The number of aromatic nitrogens is 2. The summed E-state index contributed by atoms with van der Waals surface area (Å²) in [5.74, 6) is -1.24. The molecular weight excluding hydrogens is 270 g/mol. The molecule has 102 valence electrons. The molecule has 0 saturated carbocycles. The Morgan fingerprint density at radius 2 is 2.21 bits per heavy atom. The first-order valence-corrected chi connectivity index (χ1v) is 7.27. The lowest BCUT2D eigenvalue weighted by Gasteiger charge is -2.08. The summed E-state index contributed by atoms with van der Waals surface area (Å²) in [5, 5.41) is 15.8. The third-order valence-electron chi connectivity index (χ3n) is 2.55. The molecule has 2 aromatic rings. The van der Waals surface area contributed by atoms with Gasteiger partial charge in [-0.15, -0.1) is 0 Å². The molecule has 0 radical (unpaired) electrons. The number of aliphatic carboxylic acids is 1. The Bertz CT molecular complexity index is 693. The molecule has 19 heavy (non-hydrogen) atoms. The van der Waals surface area contributed by atoms with Crippen molar-refractivity contribution in [2.45, 2.75) is 12.8 Å². The van der Waals surface area contributed by atoms with Crippen molar-refractivity contribution in [3.63, 3.8) is 0 Å². The molecule has 1 aromatic carbocycles. The average Bonchev–Trinajstić information content (AvgIpc) is 2.76. The zero-order valence-electron chi connectivity index (χ0n) is 9.96. The number of rotatable bonds is 6. The minimum Gasteiger partial charge on any atom is -0.481 e. The largest absolute Gasteiger partial charge is 0.481 e. The molecule has 0 aliphatic heterocycles. The number of fused-ring (bicyclic) bond motifs is 1. The van der Waals surface area contributed by atoms with Gasteiger partial charge in [0, 0.05) is 11.8 Å². The SMILES string of the molecule is O=C(O)CCCS(=O)(=O)Nc1cccc2cn[nH]c12. The molecule has 0 bridgehead atoms. The van der Waals surface area contributed by atoms with Crippen molar-refractivity contribution in [3.05, 3.63) is 24.4 Å². The van der Waals surface area contributed by atoms with Gasteiger partial charge in [0.25, 0.3) is 0 Å². The fourth-order valence-corrected chi connectivity index (χ4v) is 2.82. The van der Waals surface area contributed by atoms with Crippen LogP contribution < -0.4 is 4.72 Å². The first-order chi connectivity index (χ1) is 8.98. The van der Waals surface area contributed by atoms with Gasteiger partial charge >= 0.3 is 5.97 Å². The third kappa shape index (κ3) is 3.44. The predicted octanol–water partition coefficient (Wildman–Crippen LogP) is 1.17. The number of anilines is 1. The summed E-state index contributed by atoms with van der Waals surface area (Å²) >= 11 is 0. The van der Waals surface area contributed by atoms with Crippen molar-refractivity contribution in [1.82, 2.24) is 10.2 Å². The summed E-state index contributed by atoms with van der Waals surface area (Å²) in [6.45, 7) is 0. The fraction of sp³-hybridized carbons (Fsp3) is 0.273. The Kier molecular flexibility index (Phi) is 3.70. The van der Waals surface area contributed by atoms with Crippen molar-refractivity contribution in [2.75, 3.05) is 10.5 Å². The molecule has 0 fully saturated rings. The van der Waals surface area contributed by atoms with Crippen LogP contribution in [0.25, 0.3) is 10.9 Å². The number of benzene rings is 1. The smallest absolute Gasteiger partial charge is 0.303 e. The highest BCUT2D eigenvalue weighted by molar-refractivity contribution is 7.92. The van der Waals surface area contributed by atoms with Gasteiger partial charge in [-0.1, -0.05) is 12.1 Å². The highest BCUT2D eigenvalue weighted by atomic mass is 32.2. The van der Waals surface area contributed by atoms with E-state index in [1.807, 2.05) is 0 Å². The summed E-state index contributed by atoms with van der Waals surface area (Å²) in [4.78, 5) is 10.4. The number of carboxylic acids is 1. The van der Waals surface area contributed by atoms with E-state index in [1.54, 1.807) is 24.4 Å². The van der Waals surface area contributed by atoms with Crippen molar-refractivity contribution in [3.8, 4) is 0 Å². The van der Waals surface area contributed by atoms with E-state index in [9.17, 15) is 13.2 Å². The molecule has 0 atom stereocenters. The molecule has 8 heteroatoms. The Hall–Kier alpha value is -2.09. The van der Waals surface area contributed by atoms with Crippen LogP contribution in [0.3, 0.4) is 0 Å². The standard InChI is InChI=1S/C11H13N3O4S/c15-10(16)5-2-6-19(17,18)14-9-4-1-3-8-7-12-13-11(8)9/h1,3-4,7,14H,2,5-6H2,(H,12,13)(H,15,16). The van der Waals surface area contributed by atoms with Crippen LogP contribution in [-0.2, 0) is 14.8 Å². The number of hydrogen-bond donors (Lipinski definition) is 3. The maximum atomic E-state index is 11.8. The second-order valence-electron chi connectivity index (χ2n) is 4.06. The van der Waals surface area contributed by atoms with Crippen molar-refractivity contribution < 1.29 is 18.3 Å². The van der Waals surface area contributed by atoms with E-state index in [4.69, 9.17) is 5.11 Å². The van der Waals surface area contributed by atoms with Crippen LogP contribution in [0.15, 0.2) is 24.4 Å². The number of nitrogens with one attached hydrogen (secondary N) is 2. The Balaban J connectivity index is 2.11. The van der Waals surface area contributed by atoms with E-state index in [1.165, 1.54) is 0 Å². The number of nitrogens with zero attached hydrogens (tertiary/aromatic N) is 1. The first kappa shape index (κ1) is 13.3. The lowest BCUT2D eigenvalue weighted by molar-refractivity contribution is -0.137. The number of aromatic amines is 1. The number of hydrogen-bond acceptors (Lipinski definition) is 4. The Labute approximate surface area is 109 Å². The lowest BCUT2D eigenvalue weighted by atomic mass is 10.2. The van der Waals surface area contributed by atoms with Crippen molar-refractivity contribution >= 4 is 32.6 Å². The van der Waals surface area contributed by atoms with E-state index in [0.29, 0.717) is 11.2 Å². The molecule has 2 rings (SSSR count). The molecule has 1 heterocycles. The normalized spacial score (nSPS) is 11.6. The molecule has 3 N–H and O–H groups in total. The van der Waals surface area contributed by atoms with Gasteiger partial charge in [0.05, 0.1) is 23.2 Å². The molecule has 0 aliphatic rings. The molecule has 0 aliphatic carbocycles. The third-order valence-corrected chi connectivity index (χ3v) is 3.90. The minimum absolute atomic E-state index is 0.0730. The Morgan fingerprint density at radius 1 is 1.42 bits per heavy atom. The number of carbonyl (C=O) groups is 1. The highest BCUT2D eigenvalue weighted by Crippen LogP contribution is 2.21. The zero-order chi connectivity index (χ0) is 13.9. The zero-order valence-corrected chi connectivity index (χ0v) is 10.8. The van der Waals surface area contributed by atoms with Gasteiger partial charge in [-0.25, -0.2) is 8.42 Å². The predicted molar refractivity (Wildman–Crippen MR) is 70.4 cm³/mol. The highest BCUT2D eigenvalue weighted by Gasteiger charge is 2.13. The van der Waals surface area contributed by atoms with Crippen LogP contribution >= 0.6 is 0 Å². The molecule has 7 nitrogen and oxygen atoms in total. The van der Waals surface area contributed by atoms with Gasteiger partial charge < -0.3 is 5.11 Å². The molecule has 0 amide bonds. The van der Waals surface area contributed by atoms with Crippen LogP contribution in [0.4, 0.5) is 5.69 Å². The minimum atomic E-state index is -3.56. The summed E-state index contributed by atoms with van der Waals surface area (Å²) in [5.41, 5.74) is 1.01. The van der Waals surface area contributed by atoms with E-state index >= 15 is 0 Å². The van der Waals surface area contributed by atoms with E-state index in [-0.39, 0.29) is 18.6 Å². The number of sulfonamides is 1. The lowest BCUT2D eigenvalue weighted by Crippen LogP contribution is -2.17. The monoisotopic (exact) mass is 283 g/mol. The van der Waals surface area contributed by atoms with Gasteiger partial charge in [-0.05, 0) is 12.5 Å². The molecular formula is C11H13N3O4S. The van der Waals surface area contributed by atoms with Crippen LogP contribution in [-0.4, -0.2) is 35.4 Å². The van der Waals surface area contributed by atoms with Gasteiger partial charge in [0.15, 0.2) is 0 Å². The van der Waals surface area contributed by atoms with Gasteiger partial charge in [-0.2, -0.15) is 5.10 Å². The van der Waals surface area contributed by atoms with Gasteiger partial charge in [0.2, 0.25) is 10.0 Å². The average molecular weight is 283 g/mol. The summed E-state index contributed by atoms with van der Waals surface area (Å²) in [7, 11) is -3.56. The fourth-order valence-electron chi connectivity index (χ4n) is 1.69. The van der Waals surface area contributed by atoms with Crippen LogP contribution in [0.1, 0.15) is 12.8 Å². The summed E-state index contributed by atoms with van der Waals surface area (Å²) in [6.07, 6.45) is 1.50. The molecule has 0 saturated heterocycles. The van der Waals surface area contributed by atoms with Crippen molar-refractivity contribution in [2.24, 2.45) is 0 Å². The Morgan fingerprint density at radius 3 is 2.95 bits per heavy atom. The second-order valence-corrected chi connectivity index (χ2v) is 5.90. The maximum Gasteiger partial charge on any atom is 0.303 e. The van der Waals surface area contributed by atoms with Crippen LogP contribution in [0.5, 0.6) is 0 Å². The quantitative estimate of drug-likeness (QED) is 0.736. The van der Waals surface area contributed by atoms with E-state index < -0.39 is 16.0 Å². The van der Waals surface area contributed by atoms with Gasteiger partial charge in [-0.3, -0.25) is 14.6 Å². The molecule has 1 aromatic heterocycles. The number of carboxylic acid groups (broad SMARTS) is 1. The second kappa shape index (κ2) is 5.27. The molecule has 0 spiro atoms. The van der Waals surface area contributed by atoms with E-state index in [2.05, 4.69) is 14.9 Å². The summed E-state index contributed by atoms with van der Waals surface area (Å²) in [6, 6.07) is 5.14. The van der Waals surface area contributed by atoms with Crippen molar-refractivity contribution in [1.29, 1.82) is 0 Å². The van der Waals surface area contributed by atoms with Gasteiger partial charge in [0.1, 0.15) is 0 Å². The molecule has 0 unspecified atom stereocenters. The number of H-pyrrole nitrogens is 1. The van der Waals surface area contributed by atoms with E-state index in [0.717, 1.165) is 5.39 Å². The van der Waals surface area contributed by atoms with Crippen LogP contribution in [0.2, 0.25) is 0 Å². The van der Waals surface area contributed by atoms with Crippen LogP contribution in [0, 0.1) is 0 Å². The summed E-state index contributed by atoms with van der Waals surface area (Å²) < 4.78 is 26.0. The topological polar surface area (TPSA) is 112 Å². The number of para-hydroxylation sites is 1. The first-order valence-electron chi connectivity index (χ1n) is 5.62.